The van der Waals surface area contributed by atoms with Gasteiger partial charge in [0, 0.05) is 20.1 Å². The highest BCUT2D eigenvalue weighted by atomic mass is 35.5. The molecule has 1 aliphatic rings. The van der Waals surface area contributed by atoms with Gasteiger partial charge in [-0.25, -0.2) is 9.07 Å². The number of aromatic nitrogens is 2. The number of anilines is 1. The molecule has 1 fully saturated rings. The Balaban J connectivity index is 1.69. The highest BCUT2D eigenvalue weighted by molar-refractivity contribution is 6.33. The second-order valence-corrected chi connectivity index (χ2v) is 6.05. The van der Waals surface area contributed by atoms with E-state index >= 15 is 0 Å². The lowest BCUT2D eigenvalue weighted by atomic mass is 10.2. The van der Waals surface area contributed by atoms with E-state index in [1.807, 2.05) is 0 Å². The molecule has 0 radical (unpaired) electrons. The van der Waals surface area contributed by atoms with Crippen molar-refractivity contribution in [3.63, 3.8) is 0 Å². The van der Waals surface area contributed by atoms with E-state index in [9.17, 15) is 14.0 Å². The molecule has 2 aromatic rings. The van der Waals surface area contributed by atoms with Gasteiger partial charge in [0.15, 0.2) is 0 Å². The fourth-order valence-corrected chi connectivity index (χ4v) is 2.86. The molecular formula is C16H16ClFN4O2. The molecule has 1 atom stereocenters. The van der Waals surface area contributed by atoms with E-state index in [4.69, 9.17) is 11.6 Å². The molecular weight excluding hydrogens is 335 g/mol. The normalized spacial score (nSPS) is 17.4. The molecule has 1 amide bonds. The number of hydrogen-bond acceptors (Lipinski definition) is 4. The molecule has 0 spiro atoms. The Labute approximate surface area is 142 Å². The smallest absolute Gasteiger partial charge is 0.287 e. The number of carbonyl (C=O) groups is 1. The Bertz CT molecular complexity index is 822. The molecule has 0 aliphatic carbocycles. The van der Waals surface area contributed by atoms with Crippen LogP contribution in [0.3, 0.4) is 0 Å². The molecule has 1 N–H and O–H groups in total. The lowest BCUT2D eigenvalue weighted by molar-refractivity contribution is -0.128. The van der Waals surface area contributed by atoms with Crippen molar-refractivity contribution in [3.05, 3.63) is 57.2 Å². The van der Waals surface area contributed by atoms with Gasteiger partial charge in [-0.15, -0.1) is 0 Å². The zero-order valence-corrected chi connectivity index (χ0v) is 13.8. The minimum absolute atomic E-state index is 0.0114. The Morgan fingerprint density at radius 3 is 2.75 bits per heavy atom. The van der Waals surface area contributed by atoms with E-state index < -0.39 is 11.6 Å². The Hall–Kier alpha value is -2.41. The number of amides is 1. The third-order valence-corrected chi connectivity index (χ3v) is 4.36. The first-order valence-electron chi connectivity index (χ1n) is 7.47. The summed E-state index contributed by atoms with van der Waals surface area (Å²) in [5.41, 5.74) is 0.788. The van der Waals surface area contributed by atoms with Gasteiger partial charge in [-0.3, -0.25) is 9.59 Å². The molecule has 2 heterocycles. The minimum atomic E-state index is -0.461. The minimum Gasteiger partial charge on any atom is -0.371 e. The zero-order valence-electron chi connectivity index (χ0n) is 13.0. The number of benzene rings is 1. The van der Waals surface area contributed by atoms with Crippen LogP contribution in [0.15, 0.2) is 35.3 Å². The summed E-state index contributed by atoms with van der Waals surface area (Å²) in [5.74, 6) is -0.394. The predicted octanol–water partition coefficient (Wildman–Crippen LogP) is 1.79. The van der Waals surface area contributed by atoms with Crippen molar-refractivity contribution in [1.82, 2.24) is 14.7 Å². The molecule has 1 aromatic heterocycles. The van der Waals surface area contributed by atoms with Crippen LogP contribution >= 0.6 is 11.6 Å². The van der Waals surface area contributed by atoms with Crippen molar-refractivity contribution in [1.29, 1.82) is 0 Å². The molecule has 0 saturated carbocycles. The van der Waals surface area contributed by atoms with E-state index in [-0.39, 0.29) is 16.7 Å². The third kappa shape index (κ3) is 3.26. The van der Waals surface area contributed by atoms with Crippen molar-refractivity contribution >= 4 is 23.2 Å². The number of rotatable bonds is 4. The van der Waals surface area contributed by atoms with E-state index in [2.05, 4.69) is 10.4 Å². The summed E-state index contributed by atoms with van der Waals surface area (Å²) in [7, 11) is 1.50. The molecule has 0 bridgehead atoms. The van der Waals surface area contributed by atoms with Gasteiger partial charge in [-0.05, 0) is 24.1 Å². The van der Waals surface area contributed by atoms with Crippen molar-refractivity contribution < 1.29 is 9.18 Å². The number of carbonyl (C=O) groups excluding carboxylic acids is 1. The maximum Gasteiger partial charge on any atom is 0.287 e. The van der Waals surface area contributed by atoms with E-state index in [1.54, 1.807) is 17.0 Å². The fraction of sp³-hybridized carbons (Fsp3) is 0.312. The molecule has 1 aliphatic heterocycles. The van der Waals surface area contributed by atoms with Gasteiger partial charge in [-0.2, -0.15) is 5.10 Å². The lowest BCUT2D eigenvalue weighted by Crippen LogP contribution is -2.34. The molecule has 1 unspecified atom stereocenters. The van der Waals surface area contributed by atoms with Crippen LogP contribution in [0.25, 0.3) is 0 Å². The topological polar surface area (TPSA) is 67.2 Å². The average Bonchev–Trinajstić information content (AvgIpc) is 2.91. The molecule has 3 rings (SSSR count). The Morgan fingerprint density at radius 2 is 2.04 bits per heavy atom. The zero-order chi connectivity index (χ0) is 17.3. The number of nitrogens with zero attached hydrogens (tertiary/aromatic N) is 3. The second kappa shape index (κ2) is 6.60. The average molecular weight is 351 g/mol. The number of aryl methyl sites for hydroxylation is 1. The first-order chi connectivity index (χ1) is 11.5. The summed E-state index contributed by atoms with van der Waals surface area (Å²) in [6, 6.07) is 5.60. The first-order valence-corrected chi connectivity index (χ1v) is 7.85. The van der Waals surface area contributed by atoms with Crippen LogP contribution in [0.4, 0.5) is 10.1 Å². The summed E-state index contributed by atoms with van der Waals surface area (Å²) >= 11 is 6.01. The highest BCUT2D eigenvalue weighted by Crippen LogP contribution is 2.22. The van der Waals surface area contributed by atoms with Crippen LogP contribution < -0.4 is 10.9 Å². The number of nitrogens with one attached hydrogen (secondary N) is 1. The molecule has 1 saturated heterocycles. The van der Waals surface area contributed by atoms with Crippen molar-refractivity contribution in [2.24, 2.45) is 7.05 Å². The monoisotopic (exact) mass is 350 g/mol. The largest absolute Gasteiger partial charge is 0.371 e. The van der Waals surface area contributed by atoms with Gasteiger partial charge in [-0.1, -0.05) is 23.7 Å². The number of halogens is 2. The number of likely N-dealkylation sites (tertiary alicyclic amines) is 1. The Morgan fingerprint density at radius 1 is 1.33 bits per heavy atom. The van der Waals surface area contributed by atoms with Crippen LogP contribution in [-0.2, 0) is 18.4 Å². The molecule has 126 valence electrons. The van der Waals surface area contributed by atoms with E-state index in [0.29, 0.717) is 25.2 Å². The number of hydrogen-bond donors (Lipinski definition) is 1. The summed E-state index contributed by atoms with van der Waals surface area (Å²) in [5, 5.41) is 6.90. The quantitative estimate of drug-likeness (QED) is 0.912. The fourth-order valence-electron chi connectivity index (χ4n) is 2.64. The second-order valence-electron chi connectivity index (χ2n) is 5.67. The Kier molecular flexibility index (Phi) is 4.53. The van der Waals surface area contributed by atoms with E-state index in [0.717, 1.165) is 10.2 Å². The van der Waals surface area contributed by atoms with Crippen LogP contribution in [0.1, 0.15) is 12.0 Å². The van der Waals surface area contributed by atoms with Crippen molar-refractivity contribution in [2.75, 3.05) is 11.9 Å². The standard InChI is InChI=1S/C16H16ClFN4O2/c1-21-16(24)14(17)13(8-19-21)20-12-6-7-22(15(12)23)9-10-2-4-11(18)5-3-10/h2-5,8,12,20H,6-7,9H2,1H3. The maximum absolute atomic E-state index is 12.9. The van der Waals surface area contributed by atoms with Crippen LogP contribution in [0.2, 0.25) is 5.02 Å². The predicted molar refractivity (Wildman–Crippen MR) is 88.3 cm³/mol. The molecule has 6 nitrogen and oxygen atoms in total. The van der Waals surface area contributed by atoms with Crippen LogP contribution in [-0.4, -0.2) is 33.2 Å². The van der Waals surface area contributed by atoms with Gasteiger partial charge < -0.3 is 10.2 Å². The van der Waals surface area contributed by atoms with Crippen molar-refractivity contribution in [2.45, 2.75) is 19.0 Å². The van der Waals surface area contributed by atoms with Gasteiger partial charge >= 0.3 is 0 Å². The molecule has 8 heteroatoms. The third-order valence-electron chi connectivity index (χ3n) is 3.99. The summed E-state index contributed by atoms with van der Waals surface area (Å²) in [6.45, 7) is 0.990. The SMILES string of the molecule is Cn1ncc(NC2CCN(Cc3ccc(F)cc3)C2=O)c(Cl)c1=O. The highest BCUT2D eigenvalue weighted by Gasteiger charge is 2.32. The summed E-state index contributed by atoms with van der Waals surface area (Å²) in [6.07, 6.45) is 2.02. The van der Waals surface area contributed by atoms with Gasteiger partial charge in [0.2, 0.25) is 5.91 Å². The van der Waals surface area contributed by atoms with Gasteiger partial charge in [0.05, 0.1) is 11.9 Å². The summed E-state index contributed by atoms with van der Waals surface area (Å²) < 4.78 is 14.1. The summed E-state index contributed by atoms with van der Waals surface area (Å²) in [4.78, 5) is 26.0. The van der Waals surface area contributed by atoms with E-state index in [1.165, 1.54) is 25.4 Å². The lowest BCUT2D eigenvalue weighted by Gasteiger charge is -2.18. The first kappa shape index (κ1) is 16.4. The molecule has 1 aromatic carbocycles. The molecule has 24 heavy (non-hydrogen) atoms. The van der Waals surface area contributed by atoms with Crippen LogP contribution in [0.5, 0.6) is 0 Å². The van der Waals surface area contributed by atoms with Gasteiger partial charge in [0.25, 0.3) is 5.56 Å². The van der Waals surface area contributed by atoms with Crippen LogP contribution in [0, 0.1) is 5.82 Å². The van der Waals surface area contributed by atoms with Crippen molar-refractivity contribution in [3.8, 4) is 0 Å². The van der Waals surface area contributed by atoms with Gasteiger partial charge in [0.1, 0.15) is 16.9 Å². The maximum atomic E-state index is 12.9.